The van der Waals surface area contributed by atoms with Gasteiger partial charge < -0.3 is 9.64 Å². The normalized spacial score (nSPS) is 10.4. The van der Waals surface area contributed by atoms with Crippen LogP contribution in [-0.4, -0.2) is 40.6 Å². The molecule has 0 aliphatic rings. The van der Waals surface area contributed by atoms with Crippen LogP contribution in [0.4, 0.5) is 0 Å². The SMILES string of the molecule is CCc1nnsc1C(=O)N(C)CCOc1cccc(Cl)c1. The number of likely N-dealkylation sites (N-methyl/N-ethyl adjacent to an activating group) is 1. The monoisotopic (exact) mass is 325 g/mol. The fourth-order valence-electron chi connectivity index (χ4n) is 1.73. The minimum absolute atomic E-state index is 0.0726. The zero-order chi connectivity index (χ0) is 15.2. The van der Waals surface area contributed by atoms with E-state index in [4.69, 9.17) is 16.3 Å². The van der Waals surface area contributed by atoms with Crippen molar-refractivity contribution in [1.82, 2.24) is 14.5 Å². The Morgan fingerprint density at radius 3 is 3.00 bits per heavy atom. The molecule has 5 nitrogen and oxygen atoms in total. The maximum absolute atomic E-state index is 12.3. The van der Waals surface area contributed by atoms with E-state index in [2.05, 4.69) is 9.59 Å². The average Bonchev–Trinajstić information content (AvgIpc) is 2.94. The summed E-state index contributed by atoms with van der Waals surface area (Å²) < 4.78 is 9.41. The van der Waals surface area contributed by atoms with E-state index in [1.807, 2.05) is 19.1 Å². The van der Waals surface area contributed by atoms with Gasteiger partial charge in [-0.05, 0) is 36.2 Å². The smallest absolute Gasteiger partial charge is 0.267 e. The van der Waals surface area contributed by atoms with Gasteiger partial charge in [0.05, 0.1) is 12.2 Å². The van der Waals surface area contributed by atoms with Crippen molar-refractivity contribution in [3.63, 3.8) is 0 Å². The molecule has 0 atom stereocenters. The Bertz CT molecular complexity index is 618. The Hall–Kier alpha value is -1.66. The number of nitrogens with zero attached hydrogens (tertiary/aromatic N) is 3. The van der Waals surface area contributed by atoms with Crippen molar-refractivity contribution in [1.29, 1.82) is 0 Å². The molecule has 0 spiro atoms. The minimum atomic E-state index is -0.0726. The summed E-state index contributed by atoms with van der Waals surface area (Å²) in [6.07, 6.45) is 0.699. The van der Waals surface area contributed by atoms with E-state index >= 15 is 0 Å². The lowest BCUT2D eigenvalue weighted by atomic mass is 10.3. The molecule has 0 saturated heterocycles. The molecule has 1 aromatic heterocycles. The summed E-state index contributed by atoms with van der Waals surface area (Å²) >= 11 is 7.01. The summed E-state index contributed by atoms with van der Waals surface area (Å²) in [5, 5.41) is 4.58. The van der Waals surface area contributed by atoms with Gasteiger partial charge in [0.25, 0.3) is 5.91 Å². The number of aromatic nitrogens is 2. The molecule has 0 aliphatic carbocycles. The van der Waals surface area contributed by atoms with Gasteiger partial charge >= 0.3 is 0 Å². The lowest BCUT2D eigenvalue weighted by molar-refractivity contribution is 0.0777. The third-order valence-electron chi connectivity index (χ3n) is 2.92. The van der Waals surface area contributed by atoms with Gasteiger partial charge in [0, 0.05) is 12.1 Å². The molecular formula is C14H16ClN3O2S. The molecule has 2 aromatic rings. The second-order valence-electron chi connectivity index (χ2n) is 4.43. The number of carbonyl (C=O) groups excluding carboxylic acids is 1. The molecule has 1 amide bonds. The van der Waals surface area contributed by atoms with E-state index in [1.54, 1.807) is 24.1 Å². The molecule has 2 rings (SSSR count). The molecule has 0 bridgehead atoms. The van der Waals surface area contributed by atoms with E-state index in [0.29, 0.717) is 35.2 Å². The van der Waals surface area contributed by atoms with Gasteiger partial charge in [0.1, 0.15) is 17.2 Å². The Morgan fingerprint density at radius 1 is 1.48 bits per heavy atom. The number of halogens is 1. The second kappa shape index (κ2) is 7.38. The highest BCUT2D eigenvalue weighted by molar-refractivity contribution is 7.07. The number of aryl methyl sites for hydroxylation is 1. The van der Waals surface area contributed by atoms with E-state index in [0.717, 1.165) is 17.2 Å². The van der Waals surface area contributed by atoms with Crippen LogP contribution in [0.5, 0.6) is 5.75 Å². The minimum Gasteiger partial charge on any atom is -0.492 e. The first-order valence-electron chi connectivity index (χ1n) is 6.57. The van der Waals surface area contributed by atoms with E-state index in [1.165, 1.54) is 0 Å². The highest BCUT2D eigenvalue weighted by atomic mass is 35.5. The molecule has 0 N–H and O–H groups in total. The molecule has 0 aliphatic heterocycles. The Kier molecular flexibility index (Phi) is 5.52. The maximum atomic E-state index is 12.3. The van der Waals surface area contributed by atoms with Gasteiger partial charge in [-0.25, -0.2) is 0 Å². The number of amides is 1. The fourth-order valence-corrected chi connectivity index (χ4v) is 2.66. The second-order valence-corrected chi connectivity index (χ2v) is 5.63. The summed E-state index contributed by atoms with van der Waals surface area (Å²) in [4.78, 5) is 14.5. The number of rotatable bonds is 6. The molecule has 1 heterocycles. The van der Waals surface area contributed by atoms with Gasteiger partial charge in [-0.3, -0.25) is 4.79 Å². The summed E-state index contributed by atoms with van der Waals surface area (Å²) in [5.74, 6) is 0.619. The van der Waals surface area contributed by atoms with E-state index in [-0.39, 0.29) is 5.91 Å². The van der Waals surface area contributed by atoms with Gasteiger partial charge in [-0.2, -0.15) is 0 Å². The lowest BCUT2D eigenvalue weighted by Crippen LogP contribution is -2.30. The van der Waals surface area contributed by atoms with Crippen LogP contribution in [-0.2, 0) is 6.42 Å². The van der Waals surface area contributed by atoms with Crippen LogP contribution >= 0.6 is 23.1 Å². The number of carbonyl (C=O) groups is 1. The largest absolute Gasteiger partial charge is 0.492 e. The van der Waals surface area contributed by atoms with Gasteiger partial charge in [-0.1, -0.05) is 29.1 Å². The van der Waals surface area contributed by atoms with E-state index < -0.39 is 0 Å². The third-order valence-corrected chi connectivity index (χ3v) is 3.91. The first kappa shape index (κ1) is 15.7. The van der Waals surface area contributed by atoms with Crippen LogP contribution in [0.15, 0.2) is 24.3 Å². The van der Waals surface area contributed by atoms with Crippen LogP contribution in [0.2, 0.25) is 5.02 Å². The zero-order valence-electron chi connectivity index (χ0n) is 11.9. The molecule has 0 unspecified atom stereocenters. The summed E-state index contributed by atoms with van der Waals surface area (Å²) in [5.41, 5.74) is 0.743. The van der Waals surface area contributed by atoms with Crippen LogP contribution in [0.1, 0.15) is 22.3 Å². The van der Waals surface area contributed by atoms with Crippen molar-refractivity contribution in [3.8, 4) is 5.75 Å². The molecule has 0 fully saturated rings. The third kappa shape index (κ3) is 4.15. The Morgan fingerprint density at radius 2 is 2.29 bits per heavy atom. The lowest BCUT2D eigenvalue weighted by Gasteiger charge is -2.16. The molecule has 112 valence electrons. The van der Waals surface area contributed by atoms with Gasteiger partial charge in [-0.15, -0.1) is 5.10 Å². The molecular weight excluding hydrogens is 310 g/mol. The maximum Gasteiger partial charge on any atom is 0.267 e. The molecule has 0 saturated carbocycles. The van der Waals surface area contributed by atoms with Gasteiger partial charge in [0.15, 0.2) is 0 Å². The summed E-state index contributed by atoms with van der Waals surface area (Å²) in [6, 6.07) is 7.18. The average molecular weight is 326 g/mol. The fraction of sp³-hybridized carbons (Fsp3) is 0.357. The van der Waals surface area contributed by atoms with Crippen molar-refractivity contribution >= 4 is 29.0 Å². The number of ether oxygens (including phenoxy) is 1. The Labute approximate surface area is 132 Å². The molecule has 21 heavy (non-hydrogen) atoms. The van der Waals surface area contributed by atoms with Gasteiger partial charge in [0.2, 0.25) is 0 Å². The molecule has 0 radical (unpaired) electrons. The number of hydrogen-bond donors (Lipinski definition) is 0. The summed E-state index contributed by atoms with van der Waals surface area (Å²) in [7, 11) is 1.74. The Balaban J connectivity index is 1.87. The molecule has 7 heteroatoms. The highest BCUT2D eigenvalue weighted by Crippen LogP contribution is 2.17. The van der Waals surface area contributed by atoms with Crippen LogP contribution in [0.25, 0.3) is 0 Å². The van der Waals surface area contributed by atoms with Crippen LogP contribution in [0.3, 0.4) is 0 Å². The van der Waals surface area contributed by atoms with Crippen LogP contribution in [0, 0.1) is 0 Å². The van der Waals surface area contributed by atoms with Crippen LogP contribution < -0.4 is 4.74 Å². The van der Waals surface area contributed by atoms with Crippen molar-refractivity contribution in [3.05, 3.63) is 39.9 Å². The quantitative estimate of drug-likeness (QED) is 0.819. The van der Waals surface area contributed by atoms with Crippen molar-refractivity contribution in [2.75, 3.05) is 20.2 Å². The number of hydrogen-bond acceptors (Lipinski definition) is 5. The highest BCUT2D eigenvalue weighted by Gasteiger charge is 2.18. The topological polar surface area (TPSA) is 55.3 Å². The van der Waals surface area contributed by atoms with Crippen molar-refractivity contribution in [2.24, 2.45) is 0 Å². The number of benzene rings is 1. The molecule has 1 aromatic carbocycles. The zero-order valence-corrected chi connectivity index (χ0v) is 13.4. The summed E-state index contributed by atoms with van der Waals surface area (Å²) in [6.45, 7) is 2.83. The van der Waals surface area contributed by atoms with E-state index in [9.17, 15) is 4.79 Å². The van der Waals surface area contributed by atoms with Crippen molar-refractivity contribution in [2.45, 2.75) is 13.3 Å². The predicted molar refractivity (Wildman–Crippen MR) is 83.2 cm³/mol. The van der Waals surface area contributed by atoms with Crippen molar-refractivity contribution < 1.29 is 9.53 Å². The predicted octanol–water partition coefficient (Wildman–Crippen LogP) is 2.90. The first-order valence-corrected chi connectivity index (χ1v) is 7.72. The standard InChI is InChI=1S/C14H16ClN3O2S/c1-3-12-13(21-17-16-12)14(19)18(2)7-8-20-11-6-4-5-10(15)9-11/h4-6,9H,3,7-8H2,1-2H3. The first-order chi connectivity index (χ1) is 10.1.